The van der Waals surface area contributed by atoms with Gasteiger partial charge in [-0.1, -0.05) is 6.92 Å². The predicted molar refractivity (Wildman–Crippen MR) is 159 cm³/mol. The summed E-state index contributed by atoms with van der Waals surface area (Å²) < 4.78 is 52.3. The van der Waals surface area contributed by atoms with Crippen LogP contribution in [0.1, 0.15) is 24.2 Å². The number of nitrogens with one attached hydrogen (secondary N) is 2. The molecule has 1 aliphatic heterocycles. The maximum atomic E-state index is 13.7. The third-order valence-electron chi connectivity index (χ3n) is 7.23. The minimum Gasteiger partial charge on any atom is -0.497 e. The second-order valence-electron chi connectivity index (χ2n) is 10.4. The van der Waals surface area contributed by atoms with Crippen LogP contribution in [0.5, 0.6) is 11.5 Å². The highest BCUT2D eigenvalue weighted by atomic mass is 32.2. The molecular formula is C30H35FN4O7S. The van der Waals surface area contributed by atoms with Gasteiger partial charge in [-0.15, -0.1) is 0 Å². The summed E-state index contributed by atoms with van der Waals surface area (Å²) >= 11 is 0. The third kappa shape index (κ3) is 7.42. The quantitative estimate of drug-likeness (QED) is 0.331. The second-order valence-corrected chi connectivity index (χ2v) is 12.4. The molecule has 0 aromatic heterocycles. The molecule has 3 amide bonds. The average Bonchev–Trinajstić information content (AvgIpc) is 2.99. The van der Waals surface area contributed by atoms with E-state index >= 15 is 0 Å². The lowest BCUT2D eigenvalue weighted by molar-refractivity contribution is 0.0387. The molecule has 0 bridgehead atoms. The summed E-state index contributed by atoms with van der Waals surface area (Å²) in [5.74, 6) is -0.464. The van der Waals surface area contributed by atoms with E-state index in [4.69, 9.17) is 9.47 Å². The molecule has 0 fully saturated rings. The lowest BCUT2D eigenvalue weighted by Crippen LogP contribution is -2.50. The molecule has 3 aromatic carbocycles. The number of aliphatic hydroxyl groups excluding tert-OH is 1. The first-order valence-electron chi connectivity index (χ1n) is 13.6. The largest absolute Gasteiger partial charge is 0.497 e. The van der Waals surface area contributed by atoms with Gasteiger partial charge in [0.25, 0.3) is 5.91 Å². The van der Waals surface area contributed by atoms with E-state index in [2.05, 4.69) is 10.6 Å². The molecule has 0 spiro atoms. The van der Waals surface area contributed by atoms with E-state index in [9.17, 15) is 27.5 Å². The van der Waals surface area contributed by atoms with E-state index in [1.54, 1.807) is 44.4 Å². The van der Waals surface area contributed by atoms with Crippen molar-refractivity contribution >= 4 is 33.3 Å². The van der Waals surface area contributed by atoms with Crippen molar-refractivity contribution in [3.63, 3.8) is 0 Å². The molecule has 3 N–H and O–H groups in total. The van der Waals surface area contributed by atoms with Gasteiger partial charge in [0, 0.05) is 30.9 Å². The van der Waals surface area contributed by atoms with Gasteiger partial charge in [-0.3, -0.25) is 4.79 Å². The van der Waals surface area contributed by atoms with Gasteiger partial charge < -0.3 is 30.1 Å². The molecule has 3 aromatic rings. The number of halogens is 1. The van der Waals surface area contributed by atoms with Crippen LogP contribution in [0.3, 0.4) is 0 Å². The number of carbonyl (C=O) groups is 2. The van der Waals surface area contributed by atoms with Gasteiger partial charge in [-0.2, -0.15) is 4.31 Å². The number of rotatable bonds is 9. The van der Waals surface area contributed by atoms with E-state index < -0.39 is 39.9 Å². The molecule has 3 atom stereocenters. The molecule has 0 unspecified atom stereocenters. The highest BCUT2D eigenvalue weighted by molar-refractivity contribution is 7.89. The minimum absolute atomic E-state index is 0.0652. The van der Waals surface area contributed by atoms with E-state index in [1.165, 1.54) is 36.2 Å². The van der Waals surface area contributed by atoms with Crippen molar-refractivity contribution in [2.45, 2.75) is 30.9 Å². The van der Waals surface area contributed by atoms with Crippen molar-refractivity contribution in [2.24, 2.45) is 5.92 Å². The van der Waals surface area contributed by atoms with Crippen LogP contribution in [0.2, 0.25) is 0 Å². The summed E-state index contributed by atoms with van der Waals surface area (Å²) in [5, 5.41) is 15.3. The number of urea groups is 1. The summed E-state index contributed by atoms with van der Waals surface area (Å²) in [4.78, 5) is 27.8. The molecule has 0 aliphatic carbocycles. The van der Waals surface area contributed by atoms with Crippen LogP contribution in [-0.4, -0.2) is 80.7 Å². The Morgan fingerprint density at radius 1 is 1.12 bits per heavy atom. The number of hydrogen-bond acceptors (Lipinski definition) is 7. The highest BCUT2D eigenvalue weighted by Gasteiger charge is 2.35. The van der Waals surface area contributed by atoms with Crippen molar-refractivity contribution in [1.29, 1.82) is 0 Å². The summed E-state index contributed by atoms with van der Waals surface area (Å²) in [6.07, 6.45) is -0.697. The SMILES string of the molecule is COc1ccc(NC(=O)Nc2ccc3c(c2)C(=O)N([C@@H](C)CO)C[C@H](C)[C@H](CN(C)S(=O)(=O)c2ccc(F)cc2)O3)cc1. The zero-order chi connectivity index (χ0) is 31.3. The van der Waals surface area contributed by atoms with Gasteiger partial charge in [-0.05, 0) is 73.7 Å². The summed E-state index contributed by atoms with van der Waals surface area (Å²) in [5.41, 5.74) is 0.992. The predicted octanol–water partition coefficient (Wildman–Crippen LogP) is 4.02. The average molecular weight is 615 g/mol. The molecular weight excluding hydrogens is 579 g/mol. The first-order valence-corrected chi connectivity index (χ1v) is 15.0. The van der Waals surface area contributed by atoms with Crippen molar-refractivity contribution in [3.8, 4) is 11.5 Å². The van der Waals surface area contributed by atoms with Crippen molar-refractivity contribution < 1.29 is 37.0 Å². The molecule has 43 heavy (non-hydrogen) atoms. The molecule has 4 rings (SSSR count). The number of likely N-dealkylation sites (N-methyl/N-ethyl adjacent to an activating group) is 1. The number of ether oxygens (including phenoxy) is 2. The number of nitrogens with zero attached hydrogens (tertiary/aromatic N) is 2. The zero-order valence-corrected chi connectivity index (χ0v) is 25.1. The van der Waals surface area contributed by atoms with E-state index in [1.807, 2.05) is 6.92 Å². The minimum atomic E-state index is -3.97. The molecule has 13 heteroatoms. The Balaban J connectivity index is 1.59. The Labute approximate surface area is 250 Å². The van der Waals surface area contributed by atoms with Crippen molar-refractivity contribution in [1.82, 2.24) is 9.21 Å². The Hall–Kier alpha value is -4.20. The zero-order valence-electron chi connectivity index (χ0n) is 24.3. The van der Waals surface area contributed by atoms with Crippen LogP contribution < -0.4 is 20.1 Å². The molecule has 1 heterocycles. The van der Waals surface area contributed by atoms with Crippen LogP contribution in [0.4, 0.5) is 20.6 Å². The summed E-state index contributed by atoms with van der Waals surface area (Å²) in [6, 6.07) is 14.8. The monoisotopic (exact) mass is 614 g/mol. The number of amides is 3. The fraction of sp³-hybridized carbons (Fsp3) is 0.333. The lowest BCUT2D eigenvalue weighted by Gasteiger charge is -2.38. The van der Waals surface area contributed by atoms with Crippen LogP contribution in [0.15, 0.2) is 71.6 Å². The van der Waals surface area contributed by atoms with Gasteiger partial charge >= 0.3 is 6.03 Å². The maximum Gasteiger partial charge on any atom is 0.323 e. The Bertz CT molecular complexity index is 1550. The topological polar surface area (TPSA) is 138 Å². The van der Waals surface area contributed by atoms with Crippen LogP contribution in [-0.2, 0) is 10.0 Å². The van der Waals surface area contributed by atoms with Crippen LogP contribution >= 0.6 is 0 Å². The Morgan fingerprint density at radius 3 is 2.37 bits per heavy atom. The first kappa shape index (κ1) is 31.7. The molecule has 230 valence electrons. The lowest BCUT2D eigenvalue weighted by atomic mass is 9.99. The molecule has 0 saturated heterocycles. The van der Waals surface area contributed by atoms with Gasteiger partial charge in [0.2, 0.25) is 10.0 Å². The van der Waals surface area contributed by atoms with Crippen molar-refractivity contribution in [2.75, 3.05) is 44.5 Å². The normalized spacial score (nSPS) is 17.7. The van der Waals surface area contributed by atoms with Crippen LogP contribution in [0, 0.1) is 11.7 Å². The molecule has 0 saturated carbocycles. The Morgan fingerprint density at radius 2 is 1.74 bits per heavy atom. The van der Waals surface area contributed by atoms with Gasteiger partial charge in [0.1, 0.15) is 23.4 Å². The first-order chi connectivity index (χ1) is 20.4. The van der Waals surface area contributed by atoms with E-state index in [-0.39, 0.29) is 41.8 Å². The summed E-state index contributed by atoms with van der Waals surface area (Å²) in [7, 11) is -1.02. The maximum absolute atomic E-state index is 13.7. The number of benzene rings is 3. The number of anilines is 2. The van der Waals surface area contributed by atoms with E-state index in [0.29, 0.717) is 17.1 Å². The van der Waals surface area contributed by atoms with Crippen LogP contribution in [0.25, 0.3) is 0 Å². The molecule has 1 aliphatic rings. The highest BCUT2D eigenvalue weighted by Crippen LogP contribution is 2.31. The number of carbonyl (C=O) groups excluding carboxylic acids is 2. The number of aliphatic hydroxyl groups is 1. The fourth-order valence-corrected chi connectivity index (χ4v) is 5.81. The third-order valence-corrected chi connectivity index (χ3v) is 9.07. The van der Waals surface area contributed by atoms with Gasteiger partial charge in [-0.25, -0.2) is 17.6 Å². The van der Waals surface area contributed by atoms with Gasteiger partial charge in [0.15, 0.2) is 0 Å². The van der Waals surface area contributed by atoms with Gasteiger partial charge in [0.05, 0.1) is 36.8 Å². The fourth-order valence-electron chi connectivity index (χ4n) is 4.62. The van der Waals surface area contributed by atoms with E-state index in [0.717, 1.165) is 16.4 Å². The van der Waals surface area contributed by atoms with Crippen molar-refractivity contribution in [3.05, 3.63) is 78.1 Å². The Kier molecular flexibility index (Phi) is 9.89. The molecule has 0 radical (unpaired) electrons. The second kappa shape index (κ2) is 13.4. The molecule has 11 nitrogen and oxygen atoms in total. The standard InChI is InChI=1S/C30H35FN4O7S/c1-19-16-35(20(2)18-36)29(37)26-15-23(33-30(38)32-22-7-10-24(41-4)11-8-22)9-14-27(26)42-28(19)17-34(3)43(39,40)25-12-5-21(31)6-13-25/h5-15,19-20,28,36H,16-18H2,1-4H3,(H2,32,33,38)/t19-,20-,28-/m0/s1. The smallest absolute Gasteiger partial charge is 0.323 e. The number of sulfonamides is 1. The number of fused-ring (bicyclic) bond motifs is 1. The number of methoxy groups -OCH3 is 1. The number of hydrogen-bond donors (Lipinski definition) is 3. The summed E-state index contributed by atoms with van der Waals surface area (Å²) in [6.45, 7) is 3.35.